The number of hydrogen-bond donors (Lipinski definition) is 1. The van der Waals surface area contributed by atoms with Crippen molar-refractivity contribution in [3.63, 3.8) is 0 Å². The van der Waals surface area contributed by atoms with Crippen LogP contribution >= 0.6 is 11.3 Å². The van der Waals surface area contributed by atoms with Gasteiger partial charge >= 0.3 is 12.1 Å². The fraction of sp³-hybridized carbons (Fsp3) is 0.200. The highest BCUT2D eigenvalue weighted by Crippen LogP contribution is 2.32. The fourth-order valence-corrected chi connectivity index (χ4v) is 4.50. The maximum atomic E-state index is 13.4. The van der Waals surface area contributed by atoms with Gasteiger partial charge in [0.2, 0.25) is 5.91 Å². The average molecular weight is 516 g/mol. The monoisotopic (exact) mass is 515 g/mol. The SMILES string of the molecule is CCOC(=O)c1nn(-c2ccc(C(F)(F)F)cc2)c(=O)c2c(NC(=O)CCc3ccccc3)scc12. The summed E-state index contributed by atoms with van der Waals surface area (Å²) in [6.45, 7) is 1.65. The molecule has 2 heterocycles. The molecule has 4 aromatic rings. The number of esters is 1. The van der Waals surface area contributed by atoms with Crippen LogP contribution in [0.25, 0.3) is 16.5 Å². The molecule has 0 saturated heterocycles. The van der Waals surface area contributed by atoms with E-state index in [0.717, 1.165) is 45.8 Å². The smallest absolute Gasteiger partial charge is 0.416 e. The van der Waals surface area contributed by atoms with Gasteiger partial charge in [-0.25, -0.2) is 4.79 Å². The molecule has 0 saturated carbocycles. The lowest BCUT2D eigenvalue weighted by atomic mass is 10.1. The maximum absolute atomic E-state index is 13.4. The number of aromatic nitrogens is 2. The normalized spacial score (nSPS) is 11.4. The van der Waals surface area contributed by atoms with Gasteiger partial charge in [-0.3, -0.25) is 9.59 Å². The van der Waals surface area contributed by atoms with Crippen molar-refractivity contribution in [3.05, 3.63) is 87.2 Å². The zero-order valence-corrected chi connectivity index (χ0v) is 19.8. The summed E-state index contributed by atoms with van der Waals surface area (Å²) in [7, 11) is 0. The van der Waals surface area contributed by atoms with Crippen LogP contribution in [0.3, 0.4) is 0 Å². The van der Waals surface area contributed by atoms with E-state index in [2.05, 4.69) is 10.4 Å². The lowest BCUT2D eigenvalue weighted by molar-refractivity contribution is -0.137. The quantitative estimate of drug-likeness (QED) is 0.341. The Balaban J connectivity index is 1.74. The molecule has 0 aliphatic carbocycles. The van der Waals surface area contributed by atoms with Crippen LogP contribution in [0.15, 0.2) is 64.8 Å². The van der Waals surface area contributed by atoms with Crippen LogP contribution < -0.4 is 10.9 Å². The number of alkyl halides is 3. The first-order valence-electron chi connectivity index (χ1n) is 10.9. The summed E-state index contributed by atoms with van der Waals surface area (Å²) in [6.07, 6.45) is -3.91. The Kier molecular flexibility index (Phi) is 7.20. The summed E-state index contributed by atoms with van der Waals surface area (Å²) in [5.41, 5.74) is -0.784. The minimum absolute atomic E-state index is 0.0195. The second kappa shape index (κ2) is 10.3. The van der Waals surface area contributed by atoms with Crippen molar-refractivity contribution in [1.82, 2.24) is 9.78 Å². The molecule has 7 nitrogen and oxygen atoms in total. The van der Waals surface area contributed by atoms with E-state index < -0.39 is 23.3 Å². The van der Waals surface area contributed by atoms with Gasteiger partial charge in [0, 0.05) is 17.2 Å². The summed E-state index contributed by atoms with van der Waals surface area (Å²) in [4.78, 5) is 38.6. The van der Waals surface area contributed by atoms with Crippen molar-refractivity contribution >= 4 is 39.0 Å². The van der Waals surface area contributed by atoms with Crippen LogP contribution in [0.5, 0.6) is 0 Å². The van der Waals surface area contributed by atoms with Gasteiger partial charge in [0.05, 0.1) is 23.2 Å². The van der Waals surface area contributed by atoms with Crippen molar-refractivity contribution in [2.75, 3.05) is 11.9 Å². The Morgan fingerprint density at radius 1 is 1.08 bits per heavy atom. The largest absolute Gasteiger partial charge is 0.461 e. The van der Waals surface area contributed by atoms with E-state index in [1.54, 1.807) is 6.92 Å². The molecule has 36 heavy (non-hydrogen) atoms. The first-order chi connectivity index (χ1) is 17.2. The molecule has 0 aliphatic rings. The van der Waals surface area contributed by atoms with Crippen LogP contribution in [-0.4, -0.2) is 28.3 Å². The molecule has 0 atom stereocenters. The Hall–Kier alpha value is -3.99. The van der Waals surface area contributed by atoms with Gasteiger partial charge in [-0.05, 0) is 43.2 Å². The number of carbonyl (C=O) groups excluding carboxylic acids is 2. The van der Waals surface area contributed by atoms with Gasteiger partial charge in [0.1, 0.15) is 5.00 Å². The van der Waals surface area contributed by atoms with Gasteiger partial charge in [-0.15, -0.1) is 11.3 Å². The van der Waals surface area contributed by atoms with E-state index in [9.17, 15) is 27.6 Å². The van der Waals surface area contributed by atoms with Crippen molar-refractivity contribution in [2.24, 2.45) is 0 Å². The molecule has 0 bridgehead atoms. The number of nitrogens with zero attached hydrogens (tertiary/aromatic N) is 2. The van der Waals surface area contributed by atoms with E-state index >= 15 is 0 Å². The molecule has 1 amide bonds. The van der Waals surface area contributed by atoms with E-state index in [0.29, 0.717) is 6.42 Å². The number of fused-ring (bicyclic) bond motifs is 1. The van der Waals surface area contributed by atoms with Gasteiger partial charge in [-0.1, -0.05) is 30.3 Å². The molecule has 4 rings (SSSR count). The number of benzene rings is 2. The highest BCUT2D eigenvalue weighted by Gasteiger charge is 2.30. The first kappa shape index (κ1) is 25.1. The van der Waals surface area contributed by atoms with Crippen molar-refractivity contribution in [2.45, 2.75) is 25.9 Å². The Bertz CT molecular complexity index is 1460. The predicted molar refractivity (Wildman–Crippen MR) is 130 cm³/mol. The molecule has 0 aliphatic heterocycles. The van der Waals surface area contributed by atoms with Gasteiger partial charge in [0.25, 0.3) is 5.56 Å². The average Bonchev–Trinajstić information content (AvgIpc) is 3.27. The van der Waals surface area contributed by atoms with E-state index in [4.69, 9.17) is 4.74 Å². The molecule has 2 aromatic heterocycles. The highest BCUT2D eigenvalue weighted by molar-refractivity contribution is 7.16. The van der Waals surface area contributed by atoms with E-state index in [-0.39, 0.29) is 46.1 Å². The summed E-state index contributed by atoms with van der Waals surface area (Å²) < 4.78 is 44.8. The second-order valence-corrected chi connectivity index (χ2v) is 8.60. The third-order valence-corrected chi connectivity index (χ3v) is 6.19. The molecular formula is C25H20F3N3O4S. The molecule has 0 radical (unpaired) electrons. The van der Waals surface area contributed by atoms with Gasteiger partial charge < -0.3 is 10.1 Å². The summed E-state index contributed by atoms with van der Waals surface area (Å²) in [5, 5.41) is 8.74. The Morgan fingerprint density at radius 3 is 2.42 bits per heavy atom. The fourth-order valence-electron chi connectivity index (χ4n) is 3.55. The highest BCUT2D eigenvalue weighted by atomic mass is 32.1. The molecule has 0 spiro atoms. The number of amides is 1. The first-order valence-corrected chi connectivity index (χ1v) is 11.8. The lowest BCUT2D eigenvalue weighted by Crippen LogP contribution is -2.25. The standard InChI is InChI=1S/C25H20F3N3O4S/c1-2-35-24(34)21-18-14-36-22(29-19(32)13-8-15-6-4-3-5-7-15)20(18)23(33)31(30-21)17-11-9-16(10-12-17)25(26,27)28/h3-7,9-12,14H,2,8,13H2,1H3,(H,29,32). The van der Waals surface area contributed by atoms with Crippen LogP contribution in [0, 0.1) is 0 Å². The van der Waals surface area contributed by atoms with Crippen molar-refractivity contribution < 1.29 is 27.5 Å². The lowest BCUT2D eigenvalue weighted by Gasteiger charge is -2.11. The second-order valence-electron chi connectivity index (χ2n) is 7.72. The number of halogens is 3. The summed E-state index contributed by atoms with van der Waals surface area (Å²) in [5.74, 6) is -1.14. The minimum Gasteiger partial charge on any atom is -0.461 e. The number of thiophene rings is 1. The number of rotatable bonds is 7. The Labute approximate surface area is 207 Å². The third-order valence-electron chi connectivity index (χ3n) is 5.30. The third kappa shape index (κ3) is 5.30. The number of carbonyl (C=O) groups is 2. The number of anilines is 1. The van der Waals surface area contributed by atoms with Crippen LogP contribution in [0.4, 0.5) is 18.2 Å². The summed E-state index contributed by atoms with van der Waals surface area (Å²) in [6, 6.07) is 13.2. The number of hydrogen-bond acceptors (Lipinski definition) is 6. The number of ether oxygens (including phenoxy) is 1. The molecule has 0 unspecified atom stereocenters. The number of nitrogens with one attached hydrogen (secondary N) is 1. The minimum atomic E-state index is -4.55. The number of aryl methyl sites for hydroxylation is 1. The molecule has 11 heteroatoms. The molecule has 0 fully saturated rings. The van der Waals surface area contributed by atoms with Crippen LogP contribution in [-0.2, 0) is 22.1 Å². The molecule has 2 aromatic carbocycles. The van der Waals surface area contributed by atoms with Crippen molar-refractivity contribution in [3.8, 4) is 5.69 Å². The maximum Gasteiger partial charge on any atom is 0.416 e. The predicted octanol–water partition coefficient (Wildman–Crippen LogP) is 5.21. The zero-order chi connectivity index (χ0) is 25.9. The van der Waals surface area contributed by atoms with Gasteiger partial charge in [-0.2, -0.15) is 23.0 Å². The van der Waals surface area contributed by atoms with Gasteiger partial charge in [0.15, 0.2) is 5.69 Å². The summed E-state index contributed by atoms with van der Waals surface area (Å²) >= 11 is 1.04. The molecule has 186 valence electrons. The van der Waals surface area contributed by atoms with E-state index in [1.165, 1.54) is 5.38 Å². The molecular weight excluding hydrogens is 495 g/mol. The van der Waals surface area contributed by atoms with Crippen LogP contribution in [0.2, 0.25) is 0 Å². The Morgan fingerprint density at radius 2 is 1.78 bits per heavy atom. The van der Waals surface area contributed by atoms with Crippen molar-refractivity contribution in [1.29, 1.82) is 0 Å². The van der Waals surface area contributed by atoms with Crippen LogP contribution in [0.1, 0.15) is 35.0 Å². The van der Waals surface area contributed by atoms with E-state index in [1.807, 2.05) is 30.3 Å². The topological polar surface area (TPSA) is 90.3 Å². The zero-order valence-electron chi connectivity index (χ0n) is 19.0. The molecule has 1 N–H and O–H groups in total.